The van der Waals surface area contributed by atoms with Crippen LogP contribution >= 0.6 is 0 Å². The van der Waals surface area contributed by atoms with Crippen molar-refractivity contribution >= 4 is 18.1 Å². The Bertz CT molecular complexity index is 1580. The number of rotatable bonds is 13. The van der Waals surface area contributed by atoms with Gasteiger partial charge in [-0.3, -0.25) is 9.59 Å². The van der Waals surface area contributed by atoms with Crippen LogP contribution in [0.1, 0.15) is 84.4 Å². The van der Waals surface area contributed by atoms with E-state index in [2.05, 4.69) is 0 Å². The van der Waals surface area contributed by atoms with Crippen LogP contribution in [0.4, 0.5) is 0 Å². The average molecular weight is 627 g/mol. The molecule has 2 saturated heterocycles. The van der Waals surface area contributed by atoms with E-state index >= 15 is 0 Å². The van der Waals surface area contributed by atoms with Gasteiger partial charge in [0.2, 0.25) is 0 Å². The number of aliphatic hydroxyl groups is 2. The number of ether oxygens (including phenoxy) is 4. The largest absolute Gasteiger partial charge is 0.487 e. The maximum atomic E-state index is 14.6. The highest BCUT2D eigenvalue weighted by atomic mass is 16.7. The molecule has 8 heteroatoms. The molecule has 5 rings (SSSR count). The molecule has 0 radical (unpaired) electrons. The van der Waals surface area contributed by atoms with Crippen LogP contribution in [-0.2, 0) is 22.7 Å². The number of benzene rings is 3. The molecular formula is C38H42O8. The summed E-state index contributed by atoms with van der Waals surface area (Å²) in [6, 6.07) is 20.7. The number of ketones is 1. The van der Waals surface area contributed by atoms with Gasteiger partial charge in [0.15, 0.2) is 24.0 Å². The Kier molecular flexibility index (Phi) is 10.5. The highest BCUT2D eigenvalue weighted by Gasteiger charge is 2.68. The van der Waals surface area contributed by atoms with E-state index in [1.54, 1.807) is 12.1 Å². The number of hydrogen-bond donors (Lipinski definition) is 2. The van der Waals surface area contributed by atoms with Gasteiger partial charge in [-0.15, -0.1) is 0 Å². The quantitative estimate of drug-likeness (QED) is 0.0942. The van der Waals surface area contributed by atoms with Crippen molar-refractivity contribution in [2.75, 3.05) is 0 Å². The van der Waals surface area contributed by atoms with Crippen LogP contribution in [0, 0.1) is 0 Å². The maximum absolute atomic E-state index is 14.6. The zero-order valence-electron chi connectivity index (χ0n) is 26.8. The van der Waals surface area contributed by atoms with Crippen molar-refractivity contribution in [1.82, 2.24) is 0 Å². The van der Waals surface area contributed by atoms with Crippen LogP contribution in [-0.4, -0.2) is 52.5 Å². The minimum absolute atomic E-state index is 0.0605. The van der Waals surface area contributed by atoms with Gasteiger partial charge in [0.1, 0.15) is 24.7 Å². The standard InChI is InChI=1S/C38H42O8/c1-5-13-28(31-20-32(40)38(37(42)45-31)33(6-2)46-38)34(41)29-19-27(18-24(3)4)35(43-22-25-14-9-7-10-15-25)30(21-39)36(29)44-23-26-16-11-8-12-17-26/h7-19,21,31-33,37,40,42H,5-6,20,22-23H2,1-4H3/b28-13-/t31-,32-,33+,37-,38+/m1/s1. The predicted molar refractivity (Wildman–Crippen MR) is 175 cm³/mol. The fraction of sp³-hybridized carbons (Fsp3) is 0.368. The molecule has 5 atom stereocenters. The van der Waals surface area contributed by atoms with Gasteiger partial charge in [0.25, 0.3) is 0 Å². The molecule has 2 heterocycles. The van der Waals surface area contributed by atoms with E-state index in [0.29, 0.717) is 30.4 Å². The fourth-order valence-electron chi connectivity index (χ4n) is 6.10. The van der Waals surface area contributed by atoms with E-state index in [1.807, 2.05) is 94.4 Å². The zero-order chi connectivity index (χ0) is 32.8. The lowest BCUT2D eigenvalue weighted by Crippen LogP contribution is -2.53. The number of epoxide rings is 1. The third kappa shape index (κ3) is 6.86. The second kappa shape index (κ2) is 14.6. The van der Waals surface area contributed by atoms with Crippen LogP contribution in [0.25, 0.3) is 6.08 Å². The number of aliphatic hydroxyl groups excluding tert-OH is 2. The smallest absolute Gasteiger partial charge is 0.195 e. The molecule has 46 heavy (non-hydrogen) atoms. The van der Waals surface area contributed by atoms with Gasteiger partial charge < -0.3 is 29.2 Å². The Morgan fingerprint density at radius 3 is 2.07 bits per heavy atom. The van der Waals surface area contributed by atoms with E-state index < -0.39 is 29.9 Å². The summed E-state index contributed by atoms with van der Waals surface area (Å²) in [6.07, 6.45) is 1.74. The Morgan fingerprint density at radius 1 is 0.957 bits per heavy atom. The Morgan fingerprint density at radius 2 is 1.57 bits per heavy atom. The maximum Gasteiger partial charge on any atom is 0.195 e. The minimum Gasteiger partial charge on any atom is -0.487 e. The molecule has 2 N–H and O–H groups in total. The lowest BCUT2D eigenvalue weighted by atomic mass is 9.84. The lowest BCUT2D eigenvalue weighted by molar-refractivity contribution is -0.222. The van der Waals surface area contributed by atoms with Gasteiger partial charge >= 0.3 is 0 Å². The van der Waals surface area contributed by atoms with Crippen molar-refractivity contribution in [3.05, 3.63) is 112 Å². The lowest BCUT2D eigenvalue weighted by Gasteiger charge is -2.37. The van der Waals surface area contributed by atoms with Gasteiger partial charge in [-0.2, -0.15) is 0 Å². The van der Waals surface area contributed by atoms with E-state index in [1.165, 1.54) is 0 Å². The SMILES string of the molecule is CC/C=C(\C(=O)c1cc(C=C(C)C)c(OCc2ccccc2)c(C=O)c1OCc1ccccc1)[C@H]1C[C@@H](O)[C@@]2(O[C@H]2CC)[C@H](O)O1. The first-order valence-electron chi connectivity index (χ1n) is 15.8. The van der Waals surface area contributed by atoms with Gasteiger partial charge in [-0.05, 0) is 43.9 Å². The van der Waals surface area contributed by atoms with Crippen LogP contribution < -0.4 is 9.47 Å². The highest BCUT2D eigenvalue weighted by Crippen LogP contribution is 2.50. The molecule has 0 amide bonds. The number of hydrogen-bond acceptors (Lipinski definition) is 8. The topological polar surface area (TPSA) is 115 Å². The van der Waals surface area contributed by atoms with Crippen LogP contribution in [0.3, 0.4) is 0 Å². The first kappa shape index (κ1) is 33.3. The van der Waals surface area contributed by atoms with Gasteiger partial charge in [0.05, 0.1) is 29.4 Å². The molecular weight excluding hydrogens is 584 g/mol. The van der Waals surface area contributed by atoms with E-state index in [-0.39, 0.29) is 48.2 Å². The zero-order valence-corrected chi connectivity index (χ0v) is 26.8. The molecule has 2 aliphatic rings. The summed E-state index contributed by atoms with van der Waals surface area (Å²) in [6.45, 7) is 7.94. The number of Topliss-reactive ketones (excluding diaryl/α,β-unsaturated/α-hetero) is 1. The van der Waals surface area contributed by atoms with Crippen molar-refractivity contribution in [1.29, 1.82) is 0 Å². The molecule has 1 spiro atoms. The summed E-state index contributed by atoms with van der Waals surface area (Å²) in [4.78, 5) is 27.5. The number of carbonyl (C=O) groups is 2. The van der Waals surface area contributed by atoms with Crippen molar-refractivity contribution in [2.45, 2.75) is 90.4 Å². The van der Waals surface area contributed by atoms with Crippen molar-refractivity contribution < 1.29 is 38.7 Å². The molecule has 0 bridgehead atoms. The van der Waals surface area contributed by atoms with Crippen LogP contribution in [0.5, 0.6) is 11.5 Å². The average Bonchev–Trinajstić information content (AvgIpc) is 3.80. The monoisotopic (exact) mass is 626 g/mol. The highest BCUT2D eigenvalue weighted by molar-refractivity contribution is 6.13. The van der Waals surface area contributed by atoms with E-state index in [9.17, 15) is 19.8 Å². The molecule has 242 valence electrons. The second-order valence-electron chi connectivity index (χ2n) is 12.0. The Balaban J connectivity index is 1.59. The summed E-state index contributed by atoms with van der Waals surface area (Å²) < 4.78 is 24.3. The molecule has 8 nitrogen and oxygen atoms in total. The summed E-state index contributed by atoms with van der Waals surface area (Å²) in [5.74, 6) is -0.0428. The molecule has 0 aliphatic carbocycles. The van der Waals surface area contributed by atoms with E-state index in [0.717, 1.165) is 16.7 Å². The molecule has 3 aromatic rings. The number of aldehydes is 1. The first-order chi connectivity index (χ1) is 22.2. The van der Waals surface area contributed by atoms with Crippen LogP contribution in [0.15, 0.2) is 84.0 Å². The fourth-order valence-corrected chi connectivity index (χ4v) is 6.10. The molecule has 0 saturated carbocycles. The normalized spacial score (nSPS) is 23.9. The molecule has 2 fully saturated rings. The summed E-state index contributed by atoms with van der Waals surface area (Å²) in [5.41, 5.74) is 2.58. The molecule has 3 aromatic carbocycles. The van der Waals surface area contributed by atoms with Gasteiger partial charge in [0, 0.05) is 17.6 Å². The van der Waals surface area contributed by atoms with Crippen molar-refractivity contribution in [3.8, 4) is 11.5 Å². The summed E-state index contributed by atoms with van der Waals surface area (Å²) in [5, 5.41) is 22.0. The third-order valence-corrected chi connectivity index (χ3v) is 8.39. The van der Waals surface area contributed by atoms with Gasteiger partial charge in [-0.1, -0.05) is 92.2 Å². The molecule has 2 aliphatic heterocycles. The number of allylic oxidation sites excluding steroid dienone is 2. The molecule has 0 aromatic heterocycles. The minimum atomic E-state index is -1.41. The Labute approximate surface area is 270 Å². The summed E-state index contributed by atoms with van der Waals surface area (Å²) in [7, 11) is 0. The van der Waals surface area contributed by atoms with Crippen molar-refractivity contribution in [2.24, 2.45) is 0 Å². The van der Waals surface area contributed by atoms with Crippen LogP contribution in [0.2, 0.25) is 0 Å². The predicted octanol–water partition coefficient (Wildman–Crippen LogP) is 6.62. The van der Waals surface area contributed by atoms with E-state index in [4.69, 9.17) is 18.9 Å². The second-order valence-corrected chi connectivity index (χ2v) is 12.0. The van der Waals surface area contributed by atoms with Crippen molar-refractivity contribution in [3.63, 3.8) is 0 Å². The third-order valence-electron chi connectivity index (χ3n) is 8.39. The summed E-state index contributed by atoms with van der Waals surface area (Å²) >= 11 is 0. The molecule has 0 unspecified atom stereocenters. The number of carbonyl (C=O) groups excluding carboxylic acids is 2. The first-order valence-corrected chi connectivity index (χ1v) is 15.8. The Hall–Kier alpha value is -4.08. The van der Waals surface area contributed by atoms with Gasteiger partial charge in [-0.25, -0.2) is 0 Å².